The van der Waals surface area contributed by atoms with Gasteiger partial charge in [-0.05, 0) is 51.4 Å². The van der Waals surface area contributed by atoms with E-state index in [1.807, 2.05) is 0 Å². The first kappa shape index (κ1) is 62.6. The van der Waals surface area contributed by atoms with Gasteiger partial charge in [-0.15, -0.1) is 0 Å². The second-order valence-corrected chi connectivity index (χ2v) is 20.0. The van der Waals surface area contributed by atoms with E-state index in [9.17, 15) is 19.8 Å². The van der Waals surface area contributed by atoms with Crippen LogP contribution in [0.15, 0.2) is 12.2 Å². The summed E-state index contributed by atoms with van der Waals surface area (Å²) in [6, 6.07) is -0.539. The molecule has 0 aliphatic heterocycles. The minimum absolute atomic E-state index is 0.00433. The van der Waals surface area contributed by atoms with Gasteiger partial charge >= 0.3 is 5.97 Å². The molecule has 0 aromatic heterocycles. The molecule has 0 bridgehead atoms. The smallest absolute Gasteiger partial charge is 0.305 e. The highest BCUT2D eigenvalue weighted by atomic mass is 16.5. The number of nitrogens with one attached hydrogen (secondary N) is 1. The fraction of sp³-hybridized carbons (Fsp3) is 0.931. The van der Waals surface area contributed by atoms with E-state index in [-0.39, 0.29) is 18.5 Å². The van der Waals surface area contributed by atoms with Crippen molar-refractivity contribution in [2.24, 2.45) is 0 Å². The molecule has 0 aliphatic rings. The van der Waals surface area contributed by atoms with Crippen LogP contribution in [0.2, 0.25) is 0 Å². The third kappa shape index (κ3) is 50.0. The standard InChI is InChI=1S/C58H113NO5/c1-3-5-7-9-11-13-15-27-32-36-40-44-48-52-58(63)64-53-49-45-41-37-33-29-26-24-22-20-18-17-19-21-23-25-28-31-35-39-43-47-51-57(62)59-55(54-60)56(61)50-46-42-38-34-30-16-14-12-10-8-6-4-2/h13,15,55-56,60-61H,3-12,14,16-54H2,1-2H3,(H,59,62)/b15-13-. The topological polar surface area (TPSA) is 95.9 Å². The summed E-state index contributed by atoms with van der Waals surface area (Å²) in [5.74, 6) is -0.0302. The number of allylic oxidation sites excluding steroid dienone is 2. The second-order valence-electron chi connectivity index (χ2n) is 20.0. The van der Waals surface area contributed by atoms with Crippen molar-refractivity contribution < 1.29 is 24.5 Å². The van der Waals surface area contributed by atoms with Crippen LogP contribution in [-0.2, 0) is 14.3 Å². The molecule has 0 aromatic carbocycles. The van der Waals surface area contributed by atoms with Crippen LogP contribution in [0.3, 0.4) is 0 Å². The third-order valence-electron chi connectivity index (χ3n) is 13.6. The lowest BCUT2D eigenvalue weighted by molar-refractivity contribution is -0.143. The summed E-state index contributed by atoms with van der Waals surface area (Å²) in [7, 11) is 0. The van der Waals surface area contributed by atoms with Crippen LogP contribution >= 0.6 is 0 Å². The van der Waals surface area contributed by atoms with Gasteiger partial charge in [0.2, 0.25) is 5.91 Å². The van der Waals surface area contributed by atoms with Gasteiger partial charge in [-0.2, -0.15) is 0 Å². The maximum atomic E-state index is 12.4. The predicted octanol–water partition coefficient (Wildman–Crippen LogP) is 17.7. The summed E-state index contributed by atoms with van der Waals surface area (Å²) >= 11 is 0. The Kier molecular flexibility index (Phi) is 53.0. The molecule has 2 atom stereocenters. The molecule has 2 unspecified atom stereocenters. The van der Waals surface area contributed by atoms with E-state index >= 15 is 0 Å². The van der Waals surface area contributed by atoms with Crippen LogP contribution in [0.1, 0.15) is 322 Å². The molecule has 1 amide bonds. The molecule has 6 nitrogen and oxygen atoms in total. The largest absolute Gasteiger partial charge is 0.466 e. The number of hydrogen-bond acceptors (Lipinski definition) is 5. The first-order valence-electron chi connectivity index (χ1n) is 28.9. The Bertz CT molecular complexity index is 955. The van der Waals surface area contributed by atoms with Gasteiger partial charge < -0.3 is 20.3 Å². The van der Waals surface area contributed by atoms with Crippen LogP contribution in [0.5, 0.6) is 0 Å². The Balaban J connectivity index is 3.36. The molecule has 380 valence electrons. The third-order valence-corrected chi connectivity index (χ3v) is 13.6. The normalized spacial score (nSPS) is 12.6. The van der Waals surface area contributed by atoms with Crippen molar-refractivity contribution in [3.8, 4) is 0 Å². The molecule has 0 aliphatic carbocycles. The number of ether oxygens (including phenoxy) is 1. The van der Waals surface area contributed by atoms with E-state index in [2.05, 4.69) is 31.3 Å². The molecule has 3 N–H and O–H groups in total. The summed E-state index contributed by atoms with van der Waals surface area (Å²) in [5.41, 5.74) is 0. The lowest BCUT2D eigenvalue weighted by atomic mass is 10.0. The molecular formula is C58H113NO5. The lowest BCUT2D eigenvalue weighted by Crippen LogP contribution is -2.45. The van der Waals surface area contributed by atoms with Crippen molar-refractivity contribution in [3.05, 3.63) is 12.2 Å². The van der Waals surface area contributed by atoms with Gasteiger partial charge in [0.1, 0.15) is 0 Å². The van der Waals surface area contributed by atoms with Crippen molar-refractivity contribution in [1.82, 2.24) is 5.32 Å². The fourth-order valence-corrected chi connectivity index (χ4v) is 9.11. The van der Waals surface area contributed by atoms with Gasteiger partial charge in [0, 0.05) is 12.8 Å². The molecule has 0 rings (SSSR count). The minimum atomic E-state index is -0.662. The number of aliphatic hydroxyl groups excluding tert-OH is 2. The monoisotopic (exact) mass is 904 g/mol. The molecule has 0 spiro atoms. The highest BCUT2D eigenvalue weighted by Crippen LogP contribution is 2.18. The molecule has 0 radical (unpaired) electrons. The van der Waals surface area contributed by atoms with Crippen molar-refractivity contribution in [1.29, 1.82) is 0 Å². The average molecular weight is 905 g/mol. The molecule has 64 heavy (non-hydrogen) atoms. The van der Waals surface area contributed by atoms with Gasteiger partial charge in [0.15, 0.2) is 0 Å². The number of unbranched alkanes of at least 4 members (excludes halogenated alkanes) is 41. The van der Waals surface area contributed by atoms with E-state index in [0.29, 0.717) is 25.9 Å². The van der Waals surface area contributed by atoms with Gasteiger partial charge in [-0.3, -0.25) is 9.59 Å². The van der Waals surface area contributed by atoms with Crippen LogP contribution in [0, 0.1) is 0 Å². The minimum Gasteiger partial charge on any atom is -0.466 e. The first-order valence-corrected chi connectivity index (χ1v) is 28.9. The van der Waals surface area contributed by atoms with Crippen LogP contribution in [0.25, 0.3) is 0 Å². The first-order chi connectivity index (χ1) is 31.5. The quantitative estimate of drug-likeness (QED) is 0.0321. The van der Waals surface area contributed by atoms with Crippen molar-refractivity contribution in [2.45, 2.75) is 334 Å². The molecule has 0 fully saturated rings. The van der Waals surface area contributed by atoms with Gasteiger partial charge in [-0.1, -0.05) is 270 Å². The summed E-state index contributed by atoms with van der Waals surface area (Å²) in [6.45, 7) is 4.94. The van der Waals surface area contributed by atoms with Crippen LogP contribution < -0.4 is 5.32 Å². The number of rotatable bonds is 54. The number of aliphatic hydroxyl groups is 2. The highest BCUT2D eigenvalue weighted by Gasteiger charge is 2.20. The second kappa shape index (κ2) is 54.2. The molecular weight excluding hydrogens is 791 g/mol. The van der Waals surface area contributed by atoms with Gasteiger partial charge in [-0.25, -0.2) is 0 Å². The Morgan fingerprint density at radius 3 is 1.12 bits per heavy atom. The van der Waals surface area contributed by atoms with Crippen molar-refractivity contribution in [2.75, 3.05) is 13.2 Å². The molecule has 0 saturated heterocycles. The number of amides is 1. The maximum Gasteiger partial charge on any atom is 0.305 e. The zero-order chi connectivity index (χ0) is 46.5. The number of esters is 1. The Morgan fingerprint density at radius 2 is 0.734 bits per heavy atom. The summed E-state index contributed by atoms with van der Waals surface area (Å²) in [6.07, 6.45) is 63.5. The predicted molar refractivity (Wildman–Crippen MR) is 278 cm³/mol. The highest BCUT2D eigenvalue weighted by molar-refractivity contribution is 5.76. The average Bonchev–Trinajstić information content (AvgIpc) is 3.29. The molecule has 0 aromatic rings. The number of hydrogen-bond donors (Lipinski definition) is 3. The number of carbonyl (C=O) groups is 2. The Labute approximate surface area is 399 Å². The summed E-state index contributed by atoms with van der Waals surface area (Å²) in [4.78, 5) is 24.5. The van der Waals surface area contributed by atoms with Crippen LogP contribution in [0.4, 0.5) is 0 Å². The molecule has 6 heteroatoms. The van der Waals surface area contributed by atoms with E-state index in [1.165, 1.54) is 244 Å². The van der Waals surface area contributed by atoms with Crippen molar-refractivity contribution >= 4 is 11.9 Å². The van der Waals surface area contributed by atoms with E-state index in [0.717, 1.165) is 44.9 Å². The SMILES string of the molecule is CCCCCC/C=C\CCCCCCCC(=O)OCCCCCCCCCCCCCCCCCCCCCCCCC(=O)NC(CO)C(O)CCCCCCCCCCCCCC. The van der Waals surface area contributed by atoms with E-state index < -0.39 is 12.1 Å². The summed E-state index contributed by atoms with van der Waals surface area (Å²) in [5, 5.41) is 23.2. The molecule has 0 heterocycles. The zero-order valence-corrected chi connectivity index (χ0v) is 43.3. The van der Waals surface area contributed by atoms with Gasteiger partial charge in [0.05, 0.1) is 25.4 Å². The van der Waals surface area contributed by atoms with E-state index in [4.69, 9.17) is 4.74 Å². The van der Waals surface area contributed by atoms with Crippen molar-refractivity contribution in [3.63, 3.8) is 0 Å². The number of carbonyl (C=O) groups excluding carboxylic acids is 2. The zero-order valence-electron chi connectivity index (χ0n) is 43.3. The van der Waals surface area contributed by atoms with Crippen LogP contribution in [-0.4, -0.2) is 47.4 Å². The molecule has 0 saturated carbocycles. The Hall–Kier alpha value is -1.40. The van der Waals surface area contributed by atoms with Gasteiger partial charge in [0.25, 0.3) is 0 Å². The maximum absolute atomic E-state index is 12.4. The lowest BCUT2D eigenvalue weighted by Gasteiger charge is -2.22. The fourth-order valence-electron chi connectivity index (χ4n) is 9.11. The Morgan fingerprint density at radius 1 is 0.422 bits per heavy atom. The van der Waals surface area contributed by atoms with E-state index in [1.54, 1.807) is 0 Å². The summed E-state index contributed by atoms with van der Waals surface area (Å²) < 4.78 is 5.47.